The van der Waals surface area contributed by atoms with Crippen LogP contribution in [0.25, 0.3) is 0 Å². The number of hydrogen-bond donors (Lipinski definition) is 2. The summed E-state index contributed by atoms with van der Waals surface area (Å²) >= 11 is 0. The molecule has 3 nitrogen and oxygen atoms in total. The van der Waals surface area contributed by atoms with Gasteiger partial charge in [-0.25, -0.2) is 4.98 Å². The second-order valence-corrected chi connectivity index (χ2v) is 3.99. The Hall–Kier alpha value is -1.87. The van der Waals surface area contributed by atoms with Crippen molar-refractivity contribution in [1.29, 1.82) is 0 Å². The standard InChI is InChI=1S/C14H16N2O/c1-11(17)13-7-8-14(16-10-13)15-9-12-5-3-2-4-6-12/h2-8,10-11,17H,9H2,1H3,(H,15,16)/t11-/m1/s1. The molecule has 88 valence electrons. The van der Waals surface area contributed by atoms with Gasteiger partial charge < -0.3 is 10.4 Å². The normalized spacial score (nSPS) is 12.1. The highest BCUT2D eigenvalue weighted by molar-refractivity contribution is 5.37. The van der Waals surface area contributed by atoms with Crippen molar-refractivity contribution in [1.82, 2.24) is 4.98 Å². The molecule has 0 saturated heterocycles. The summed E-state index contributed by atoms with van der Waals surface area (Å²) in [4.78, 5) is 4.24. The van der Waals surface area contributed by atoms with Crippen LogP contribution in [0.1, 0.15) is 24.2 Å². The van der Waals surface area contributed by atoms with E-state index in [1.807, 2.05) is 30.3 Å². The summed E-state index contributed by atoms with van der Waals surface area (Å²) in [6.45, 7) is 2.48. The number of benzene rings is 1. The number of nitrogens with one attached hydrogen (secondary N) is 1. The van der Waals surface area contributed by atoms with Crippen LogP contribution in [-0.4, -0.2) is 10.1 Å². The van der Waals surface area contributed by atoms with E-state index in [0.717, 1.165) is 17.9 Å². The molecule has 0 fully saturated rings. The molecule has 1 atom stereocenters. The summed E-state index contributed by atoms with van der Waals surface area (Å²) < 4.78 is 0. The summed E-state index contributed by atoms with van der Waals surface area (Å²) in [6.07, 6.45) is 1.23. The lowest BCUT2D eigenvalue weighted by atomic mass is 10.2. The Morgan fingerprint density at radius 3 is 2.53 bits per heavy atom. The average molecular weight is 228 g/mol. The zero-order chi connectivity index (χ0) is 12.1. The van der Waals surface area contributed by atoms with Gasteiger partial charge >= 0.3 is 0 Å². The van der Waals surface area contributed by atoms with Crippen molar-refractivity contribution in [3.8, 4) is 0 Å². The van der Waals surface area contributed by atoms with Gasteiger partial charge in [-0.3, -0.25) is 0 Å². The first-order valence-corrected chi connectivity index (χ1v) is 5.67. The molecule has 1 aromatic heterocycles. The first kappa shape index (κ1) is 11.6. The topological polar surface area (TPSA) is 45.1 Å². The molecule has 2 aromatic rings. The minimum Gasteiger partial charge on any atom is -0.389 e. The molecule has 0 amide bonds. The fraction of sp³-hybridized carbons (Fsp3) is 0.214. The Morgan fingerprint density at radius 1 is 1.18 bits per heavy atom. The molecule has 0 bridgehead atoms. The van der Waals surface area contributed by atoms with Crippen LogP contribution in [0.4, 0.5) is 5.82 Å². The second-order valence-electron chi connectivity index (χ2n) is 3.99. The Kier molecular flexibility index (Phi) is 3.73. The summed E-state index contributed by atoms with van der Waals surface area (Å²) in [7, 11) is 0. The van der Waals surface area contributed by atoms with Crippen molar-refractivity contribution >= 4 is 5.82 Å². The molecule has 0 radical (unpaired) electrons. The van der Waals surface area contributed by atoms with Gasteiger partial charge in [0.2, 0.25) is 0 Å². The minimum atomic E-state index is -0.467. The Balaban J connectivity index is 1.96. The van der Waals surface area contributed by atoms with Crippen LogP contribution in [0.15, 0.2) is 48.7 Å². The lowest BCUT2D eigenvalue weighted by molar-refractivity contribution is 0.199. The third-order valence-corrected chi connectivity index (χ3v) is 2.59. The van der Waals surface area contributed by atoms with E-state index in [9.17, 15) is 5.11 Å². The van der Waals surface area contributed by atoms with E-state index in [2.05, 4.69) is 22.4 Å². The smallest absolute Gasteiger partial charge is 0.126 e. The van der Waals surface area contributed by atoms with Gasteiger partial charge in [-0.2, -0.15) is 0 Å². The van der Waals surface area contributed by atoms with Crippen LogP contribution in [-0.2, 0) is 6.54 Å². The SMILES string of the molecule is C[C@@H](O)c1ccc(NCc2ccccc2)nc1. The molecule has 2 rings (SSSR count). The van der Waals surface area contributed by atoms with Crippen LogP contribution in [0.2, 0.25) is 0 Å². The zero-order valence-corrected chi connectivity index (χ0v) is 9.80. The first-order valence-electron chi connectivity index (χ1n) is 5.67. The van der Waals surface area contributed by atoms with E-state index in [1.54, 1.807) is 13.1 Å². The van der Waals surface area contributed by atoms with Gasteiger partial charge in [-0.1, -0.05) is 36.4 Å². The number of aliphatic hydroxyl groups excluding tert-OH is 1. The number of pyridine rings is 1. The second kappa shape index (κ2) is 5.46. The van der Waals surface area contributed by atoms with E-state index in [1.165, 1.54) is 5.56 Å². The van der Waals surface area contributed by atoms with Crippen molar-refractivity contribution < 1.29 is 5.11 Å². The molecular weight excluding hydrogens is 212 g/mol. The van der Waals surface area contributed by atoms with Crippen LogP contribution in [0.5, 0.6) is 0 Å². The number of aromatic nitrogens is 1. The van der Waals surface area contributed by atoms with E-state index in [-0.39, 0.29) is 0 Å². The maximum Gasteiger partial charge on any atom is 0.126 e. The molecule has 0 unspecified atom stereocenters. The molecule has 0 saturated carbocycles. The third-order valence-electron chi connectivity index (χ3n) is 2.59. The van der Waals surface area contributed by atoms with Gasteiger partial charge in [-0.15, -0.1) is 0 Å². The zero-order valence-electron chi connectivity index (χ0n) is 9.80. The van der Waals surface area contributed by atoms with Gasteiger partial charge in [0.05, 0.1) is 6.10 Å². The first-order chi connectivity index (χ1) is 8.25. The molecular formula is C14H16N2O. The van der Waals surface area contributed by atoms with Crippen molar-refractivity contribution in [3.05, 3.63) is 59.8 Å². The van der Waals surface area contributed by atoms with Crippen molar-refractivity contribution in [3.63, 3.8) is 0 Å². The van der Waals surface area contributed by atoms with E-state index >= 15 is 0 Å². The Morgan fingerprint density at radius 2 is 1.94 bits per heavy atom. The minimum absolute atomic E-state index is 0.467. The number of aliphatic hydroxyl groups is 1. The average Bonchev–Trinajstić information content (AvgIpc) is 2.38. The van der Waals surface area contributed by atoms with Crippen LogP contribution in [0, 0.1) is 0 Å². The lowest BCUT2D eigenvalue weighted by Crippen LogP contribution is -2.01. The fourth-order valence-corrected chi connectivity index (χ4v) is 1.55. The molecule has 0 aliphatic rings. The molecule has 0 aliphatic heterocycles. The van der Waals surface area contributed by atoms with Gasteiger partial charge in [0, 0.05) is 12.7 Å². The van der Waals surface area contributed by atoms with Crippen LogP contribution < -0.4 is 5.32 Å². The van der Waals surface area contributed by atoms with E-state index in [0.29, 0.717) is 0 Å². The van der Waals surface area contributed by atoms with Crippen LogP contribution in [0.3, 0.4) is 0 Å². The summed E-state index contributed by atoms with van der Waals surface area (Å²) in [5.74, 6) is 0.818. The van der Waals surface area contributed by atoms with Crippen molar-refractivity contribution in [2.24, 2.45) is 0 Å². The third kappa shape index (κ3) is 3.29. The molecule has 1 aromatic carbocycles. The maximum atomic E-state index is 9.36. The number of nitrogens with zero attached hydrogens (tertiary/aromatic N) is 1. The molecule has 3 heteroatoms. The van der Waals surface area contributed by atoms with Gasteiger partial charge in [0.1, 0.15) is 5.82 Å². The molecule has 0 spiro atoms. The summed E-state index contributed by atoms with van der Waals surface area (Å²) in [5.41, 5.74) is 2.05. The number of rotatable bonds is 4. The highest BCUT2D eigenvalue weighted by Gasteiger charge is 2.00. The molecule has 0 aliphatic carbocycles. The summed E-state index contributed by atoms with van der Waals surface area (Å²) in [6, 6.07) is 13.9. The quantitative estimate of drug-likeness (QED) is 0.845. The van der Waals surface area contributed by atoms with Gasteiger partial charge in [0.15, 0.2) is 0 Å². The van der Waals surface area contributed by atoms with Crippen LogP contribution >= 0.6 is 0 Å². The highest BCUT2D eigenvalue weighted by Crippen LogP contribution is 2.13. The van der Waals surface area contributed by atoms with E-state index in [4.69, 9.17) is 0 Å². The largest absolute Gasteiger partial charge is 0.389 e. The van der Waals surface area contributed by atoms with Crippen molar-refractivity contribution in [2.45, 2.75) is 19.6 Å². The van der Waals surface area contributed by atoms with Crippen molar-refractivity contribution in [2.75, 3.05) is 5.32 Å². The lowest BCUT2D eigenvalue weighted by Gasteiger charge is -2.07. The predicted molar refractivity (Wildman–Crippen MR) is 68.6 cm³/mol. The molecule has 17 heavy (non-hydrogen) atoms. The highest BCUT2D eigenvalue weighted by atomic mass is 16.3. The number of anilines is 1. The fourth-order valence-electron chi connectivity index (χ4n) is 1.55. The summed E-state index contributed by atoms with van der Waals surface area (Å²) in [5, 5.41) is 12.6. The van der Waals surface area contributed by atoms with E-state index < -0.39 is 6.10 Å². The molecule has 2 N–H and O–H groups in total. The van der Waals surface area contributed by atoms with Gasteiger partial charge in [0.25, 0.3) is 0 Å². The monoisotopic (exact) mass is 228 g/mol. The maximum absolute atomic E-state index is 9.36. The number of hydrogen-bond acceptors (Lipinski definition) is 3. The predicted octanol–water partition coefficient (Wildman–Crippen LogP) is 2.75. The molecule has 1 heterocycles. The van der Waals surface area contributed by atoms with Gasteiger partial charge in [-0.05, 0) is 24.1 Å². The Labute approximate surface area is 101 Å². The Bertz CT molecular complexity index is 451.